The summed E-state index contributed by atoms with van der Waals surface area (Å²) >= 11 is 0. The highest BCUT2D eigenvalue weighted by Gasteiger charge is 2.30. The number of rotatable bonds is 3. The molecule has 1 aromatic heterocycles. The number of hydrogen-bond donors (Lipinski definition) is 1. The molecule has 130 valence electrons. The lowest BCUT2D eigenvalue weighted by Gasteiger charge is -2.13. The zero-order valence-electron chi connectivity index (χ0n) is 13.6. The molecular weight excluding hydrogens is 331 g/mol. The summed E-state index contributed by atoms with van der Waals surface area (Å²) in [6, 6.07) is 9.87. The normalized spacial score (nSPS) is 12.1. The van der Waals surface area contributed by atoms with Crippen molar-refractivity contribution in [2.75, 3.05) is 0 Å². The molecule has 0 aliphatic carbocycles. The van der Waals surface area contributed by atoms with Crippen LogP contribution in [0.25, 0.3) is 22.0 Å². The first-order chi connectivity index (χ1) is 11.7. The molecule has 3 aromatic rings. The van der Waals surface area contributed by atoms with E-state index >= 15 is 0 Å². The van der Waals surface area contributed by atoms with Crippen molar-refractivity contribution in [1.82, 2.24) is 4.57 Å². The van der Waals surface area contributed by atoms with Crippen LogP contribution in [0.2, 0.25) is 0 Å². The van der Waals surface area contributed by atoms with E-state index in [2.05, 4.69) is 0 Å². The molecule has 0 saturated carbocycles. The Morgan fingerprint density at radius 3 is 2.40 bits per heavy atom. The first-order valence-electron chi connectivity index (χ1n) is 7.74. The van der Waals surface area contributed by atoms with Crippen molar-refractivity contribution in [3.05, 3.63) is 59.8 Å². The second kappa shape index (κ2) is 5.95. The summed E-state index contributed by atoms with van der Waals surface area (Å²) < 4.78 is 40.8. The Balaban J connectivity index is 2.26. The topological polar surface area (TPSA) is 42.2 Å². The minimum atomic E-state index is -4.45. The summed E-state index contributed by atoms with van der Waals surface area (Å²) in [6.07, 6.45) is -2.66. The minimum absolute atomic E-state index is 0.0734. The van der Waals surface area contributed by atoms with E-state index in [1.165, 1.54) is 12.1 Å². The SMILES string of the molecule is CC(C)n1ccc2c(C(=O)O)cc(-c3cccc(C(F)(F)F)c3)cc21. The Hall–Kier alpha value is -2.76. The highest BCUT2D eigenvalue weighted by atomic mass is 19.4. The Kier molecular flexibility index (Phi) is 4.06. The van der Waals surface area contributed by atoms with E-state index in [0.29, 0.717) is 22.0 Å². The predicted octanol–water partition coefficient (Wildman–Crippen LogP) is 5.61. The van der Waals surface area contributed by atoms with Crippen molar-refractivity contribution >= 4 is 16.9 Å². The molecule has 0 bridgehead atoms. The van der Waals surface area contributed by atoms with Gasteiger partial charge in [-0.05, 0) is 55.3 Å². The van der Waals surface area contributed by atoms with Crippen molar-refractivity contribution in [2.24, 2.45) is 0 Å². The van der Waals surface area contributed by atoms with Gasteiger partial charge in [0.2, 0.25) is 0 Å². The molecular formula is C19H16F3NO2. The van der Waals surface area contributed by atoms with Crippen LogP contribution in [0.1, 0.15) is 35.8 Å². The number of aromatic nitrogens is 1. The van der Waals surface area contributed by atoms with Gasteiger partial charge < -0.3 is 9.67 Å². The molecule has 6 heteroatoms. The van der Waals surface area contributed by atoms with Crippen molar-refractivity contribution in [1.29, 1.82) is 0 Å². The molecule has 1 N–H and O–H groups in total. The quantitative estimate of drug-likeness (QED) is 0.669. The lowest BCUT2D eigenvalue weighted by molar-refractivity contribution is -0.137. The summed E-state index contributed by atoms with van der Waals surface area (Å²) in [5.41, 5.74) is 0.764. The smallest absolute Gasteiger partial charge is 0.416 e. The van der Waals surface area contributed by atoms with Crippen molar-refractivity contribution in [3.8, 4) is 11.1 Å². The molecule has 0 saturated heterocycles. The molecule has 0 unspecified atom stereocenters. The van der Waals surface area contributed by atoms with Gasteiger partial charge in [-0.2, -0.15) is 13.2 Å². The summed E-state index contributed by atoms with van der Waals surface area (Å²) in [4.78, 5) is 11.6. The molecule has 1 heterocycles. The molecule has 3 nitrogen and oxygen atoms in total. The largest absolute Gasteiger partial charge is 0.478 e. The lowest BCUT2D eigenvalue weighted by Crippen LogP contribution is -2.05. The van der Waals surface area contributed by atoms with Crippen LogP contribution in [0.4, 0.5) is 13.2 Å². The molecule has 3 rings (SSSR count). The second-order valence-corrected chi connectivity index (χ2v) is 6.16. The average Bonchev–Trinajstić information content (AvgIpc) is 2.97. The van der Waals surface area contributed by atoms with Gasteiger partial charge >= 0.3 is 12.1 Å². The number of fused-ring (bicyclic) bond motifs is 1. The number of carboxylic acid groups (broad SMARTS) is 1. The summed E-state index contributed by atoms with van der Waals surface area (Å²) in [6.45, 7) is 3.91. The maximum absolute atomic E-state index is 13.0. The standard InChI is InChI=1S/C19H16F3NO2/c1-11(2)23-7-6-15-16(18(24)25)9-13(10-17(15)23)12-4-3-5-14(8-12)19(20,21)22/h3-11H,1-2H3,(H,24,25). The van der Waals surface area contributed by atoms with Gasteiger partial charge in [-0.15, -0.1) is 0 Å². The number of carboxylic acids is 1. The summed E-state index contributed by atoms with van der Waals surface area (Å²) in [5, 5.41) is 10.1. The van der Waals surface area contributed by atoms with Crippen LogP contribution in [0.15, 0.2) is 48.7 Å². The fourth-order valence-electron chi connectivity index (χ4n) is 2.93. The molecule has 0 aliphatic heterocycles. The Morgan fingerprint density at radius 2 is 1.80 bits per heavy atom. The molecule has 0 radical (unpaired) electrons. The third-order valence-corrected chi connectivity index (χ3v) is 4.15. The number of nitrogens with zero attached hydrogens (tertiary/aromatic N) is 1. The minimum Gasteiger partial charge on any atom is -0.478 e. The first kappa shape index (κ1) is 17.1. The predicted molar refractivity (Wildman–Crippen MR) is 89.7 cm³/mol. The van der Waals surface area contributed by atoms with E-state index < -0.39 is 17.7 Å². The zero-order valence-corrected chi connectivity index (χ0v) is 13.6. The third-order valence-electron chi connectivity index (χ3n) is 4.15. The number of halogens is 3. The molecule has 0 spiro atoms. The number of carbonyl (C=O) groups is 1. The Labute approximate surface area is 142 Å². The van der Waals surface area contributed by atoms with Gasteiger partial charge in [0.05, 0.1) is 11.1 Å². The highest BCUT2D eigenvalue weighted by molar-refractivity contribution is 6.05. The van der Waals surface area contributed by atoms with Crippen LogP contribution in [0, 0.1) is 0 Å². The lowest BCUT2D eigenvalue weighted by atomic mass is 9.98. The van der Waals surface area contributed by atoms with Crippen LogP contribution in [-0.4, -0.2) is 15.6 Å². The molecule has 0 atom stereocenters. The van der Waals surface area contributed by atoms with Crippen LogP contribution >= 0.6 is 0 Å². The average molecular weight is 347 g/mol. The van der Waals surface area contributed by atoms with Gasteiger partial charge in [0.15, 0.2) is 0 Å². The Morgan fingerprint density at radius 1 is 1.08 bits per heavy atom. The molecule has 2 aromatic carbocycles. The van der Waals surface area contributed by atoms with Gasteiger partial charge in [0, 0.05) is 23.1 Å². The number of benzene rings is 2. The van der Waals surface area contributed by atoms with Crippen LogP contribution < -0.4 is 0 Å². The van der Waals surface area contributed by atoms with Crippen LogP contribution in [-0.2, 0) is 6.18 Å². The second-order valence-electron chi connectivity index (χ2n) is 6.16. The van der Waals surface area contributed by atoms with Crippen molar-refractivity contribution in [3.63, 3.8) is 0 Å². The van der Waals surface area contributed by atoms with Crippen LogP contribution in [0.5, 0.6) is 0 Å². The van der Waals surface area contributed by atoms with Gasteiger partial charge in [-0.3, -0.25) is 0 Å². The van der Waals surface area contributed by atoms with E-state index in [9.17, 15) is 23.1 Å². The Bertz CT molecular complexity index is 955. The monoisotopic (exact) mass is 347 g/mol. The van der Waals surface area contributed by atoms with E-state index in [0.717, 1.165) is 12.1 Å². The van der Waals surface area contributed by atoms with Crippen molar-refractivity contribution in [2.45, 2.75) is 26.1 Å². The molecule has 0 aliphatic rings. The molecule has 0 amide bonds. The molecule has 0 fully saturated rings. The number of aromatic carboxylic acids is 1. The molecule has 25 heavy (non-hydrogen) atoms. The maximum Gasteiger partial charge on any atom is 0.416 e. The van der Waals surface area contributed by atoms with E-state index in [1.807, 2.05) is 18.4 Å². The van der Waals surface area contributed by atoms with Crippen molar-refractivity contribution < 1.29 is 23.1 Å². The highest BCUT2D eigenvalue weighted by Crippen LogP contribution is 2.34. The third kappa shape index (κ3) is 3.12. The van der Waals surface area contributed by atoms with Crippen LogP contribution in [0.3, 0.4) is 0 Å². The fourth-order valence-corrected chi connectivity index (χ4v) is 2.93. The van der Waals surface area contributed by atoms with Gasteiger partial charge in [0.1, 0.15) is 0 Å². The number of alkyl halides is 3. The summed E-state index contributed by atoms with van der Waals surface area (Å²) in [5.74, 6) is -1.11. The zero-order chi connectivity index (χ0) is 18.4. The van der Waals surface area contributed by atoms with Gasteiger partial charge in [-0.1, -0.05) is 12.1 Å². The summed E-state index contributed by atoms with van der Waals surface area (Å²) in [7, 11) is 0. The number of hydrogen-bond acceptors (Lipinski definition) is 1. The van der Waals surface area contributed by atoms with Gasteiger partial charge in [-0.25, -0.2) is 4.79 Å². The fraction of sp³-hybridized carbons (Fsp3) is 0.211. The van der Waals surface area contributed by atoms with E-state index in [4.69, 9.17) is 0 Å². The van der Waals surface area contributed by atoms with E-state index in [1.54, 1.807) is 24.4 Å². The van der Waals surface area contributed by atoms with Gasteiger partial charge in [0.25, 0.3) is 0 Å². The first-order valence-corrected chi connectivity index (χ1v) is 7.74. The maximum atomic E-state index is 13.0. The van der Waals surface area contributed by atoms with E-state index in [-0.39, 0.29) is 11.6 Å².